The number of ketones is 2. The van der Waals surface area contributed by atoms with Crippen LogP contribution in [-0.2, 0) is 0 Å². The minimum atomic E-state index is -0.527. The maximum atomic E-state index is 12.6. The summed E-state index contributed by atoms with van der Waals surface area (Å²) >= 11 is 0. The molecule has 3 rings (SSSR count). The van der Waals surface area contributed by atoms with Gasteiger partial charge in [-0.3, -0.25) is 9.59 Å². The van der Waals surface area contributed by atoms with Crippen molar-refractivity contribution in [3.63, 3.8) is 0 Å². The SMILES string of the molecule is COc1ccc(C(=O)c2nnc(C(=O)c3ccc(OC)c(OC)c3)nn2)cc1OC. The van der Waals surface area contributed by atoms with Gasteiger partial charge in [-0.05, 0) is 36.4 Å². The van der Waals surface area contributed by atoms with Crippen LogP contribution >= 0.6 is 0 Å². The summed E-state index contributed by atoms with van der Waals surface area (Å²) in [5, 5.41) is 15.0. The summed E-state index contributed by atoms with van der Waals surface area (Å²) in [5.41, 5.74) is 0.519. The zero-order valence-corrected chi connectivity index (χ0v) is 16.7. The van der Waals surface area contributed by atoms with Gasteiger partial charge in [0, 0.05) is 11.1 Å². The first-order valence-electron chi connectivity index (χ1n) is 8.63. The Bertz CT molecular complexity index is 999. The second-order valence-corrected chi connectivity index (χ2v) is 5.84. The van der Waals surface area contributed by atoms with Gasteiger partial charge in [-0.2, -0.15) is 0 Å². The van der Waals surface area contributed by atoms with Crippen LogP contribution < -0.4 is 18.9 Å². The van der Waals surface area contributed by atoms with Crippen molar-refractivity contribution < 1.29 is 28.5 Å². The average Bonchev–Trinajstić information content (AvgIpc) is 2.82. The monoisotopic (exact) mass is 410 g/mol. The molecule has 0 saturated carbocycles. The van der Waals surface area contributed by atoms with Crippen LogP contribution in [0.4, 0.5) is 0 Å². The van der Waals surface area contributed by atoms with Crippen molar-refractivity contribution in [3.8, 4) is 23.0 Å². The van der Waals surface area contributed by atoms with E-state index in [4.69, 9.17) is 18.9 Å². The Morgan fingerprint density at radius 1 is 0.567 bits per heavy atom. The third kappa shape index (κ3) is 4.02. The van der Waals surface area contributed by atoms with E-state index in [9.17, 15) is 9.59 Å². The molecular weight excluding hydrogens is 392 g/mol. The van der Waals surface area contributed by atoms with Crippen molar-refractivity contribution in [2.75, 3.05) is 28.4 Å². The van der Waals surface area contributed by atoms with Crippen molar-refractivity contribution in [3.05, 3.63) is 59.2 Å². The zero-order chi connectivity index (χ0) is 21.7. The number of aromatic nitrogens is 4. The van der Waals surface area contributed by atoms with Crippen LogP contribution in [0.5, 0.6) is 23.0 Å². The first-order valence-corrected chi connectivity index (χ1v) is 8.63. The van der Waals surface area contributed by atoms with E-state index >= 15 is 0 Å². The lowest BCUT2D eigenvalue weighted by atomic mass is 10.1. The van der Waals surface area contributed by atoms with Gasteiger partial charge < -0.3 is 18.9 Å². The Hall–Kier alpha value is -4.08. The van der Waals surface area contributed by atoms with Gasteiger partial charge in [0.15, 0.2) is 23.0 Å². The Kier molecular flexibility index (Phi) is 6.16. The number of hydrogen-bond acceptors (Lipinski definition) is 10. The minimum absolute atomic E-state index is 0.258. The normalized spacial score (nSPS) is 10.3. The van der Waals surface area contributed by atoms with Crippen molar-refractivity contribution >= 4 is 11.6 Å². The number of ether oxygens (including phenoxy) is 4. The molecule has 0 N–H and O–H groups in total. The quantitative estimate of drug-likeness (QED) is 0.508. The van der Waals surface area contributed by atoms with E-state index < -0.39 is 11.6 Å². The third-order valence-electron chi connectivity index (χ3n) is 4.18. The molecule has 0 aliphatic carbocycles. The summed E-state index contributed by atoms with van der Waals surface area (Å²) < 4.78 is 20.7. The van der Waals surface area contributed by atoms with Gasteiger partial charge in [0.1, 0.15) is 0 Å². The largest absolute Gasteiger partial charge is 0.493 e. The van der Waals surface area contributed by atoms with Crippen LogP contribution in [-0.4, -0.2) is 60.4 Å². The Balaban J connectivity index is 1.84. The lowest BCUT2D eigenvalue weighted by molar-refractivity contribution is 0.100. The minimum Gasteiger partial charge on any atom is -0.493 e. The van der Waals surface area contributed by atoms with Gasteiger partial charge in [0.2, 0.25) is 23.2 Å². The summed E-state index contributed by atoms with van der Waals surface area (Å²) in [5.74, 6) is 0.137. The lowest BCUT2D eigenvalue weighted by Gasteiger charge is -2.09. The number of carbonyl (C=O) groups is 2. The molecule has 2 aromatic carbocycles. The fourth-order valence-electron chi connectivity index (χ4n) is 2.62. The molecule has 0 amide bonds. The number of benzene rings is 2. The number of carbonyl (C=O) groups excluding carboxylic acids is 2. The zero-order valence-electron chi connectivity index (χ0n) is 16.7. The summed E-state index contributed by atoms with van der Waals surface area (Å²) in [6.45, 7) is 0. The molecule has 3 aromatic rings. The first kappa shape index (κ1) is 20.6. The van der Waals surface area contributed by atoms with E-state index in [2.05, 4.69) is 20.4 Å². The molecule has 10 heteroatoms. The Morgan fingerprint density at radius 3 is 1.20 bits per heavy atom. The molecule has 0 unspecified atom stereocenters. The van der Waals surface area contributed by atoms with Crippen LogP contribution in [0.3, 0.4) is 0 Å². The number of nitrogens with zero attached hydrogens (tertiary/aromatic N) is 4. The van der Waals surface area contributed by atoms with Crippen LogP contribution in [0.15, 0.2) is 36.4 Å². The second kappa shape index (κ2) is 8.95. The molecule has 154 valence electrons. The molecule has 0 aliphatic rings. The number of methoxy groups -OCH3 is 4. The summed E-state index contributed by atoms with van der Waals surface area (Å²) in [6.07, 6.45) is 0. The highest BCUT2D eigenvalue weighted by Gasteiger charge is 2.20. The topological polar surface area (TPSA) is 123 Å². The Labute approximate surface area is 171 Å². The lowest BCUT2D eigenvalue weighted by Crippen LogP contribution is -2.16. The molecule has 0 saturated heterocycles. The van der Waals surface area contributed by atoms with Gasteiger partial charge in [-0.1, -0.05) is 0 Å². The first-order chi connectivity index (χ1) is 14.5. The Morgan fingerprint density at radius 2 is 0.900 bits per heavy atom. The van der Waals surface area contributed by atoms with E-state index in [0.29, 0.717) is 23.0 Å². The summed E-state index contributed by atoms with van der Waals surface area (Å²) in [6, 6.07) is 9.23. The molecule has 0 atom stereocenters. The molecule has 1 heterocycles. The van der Waals surface area contributed by atoms with Gasteiger partial charge >= 0.3 is 0 Å². The molecule has 30 heavy (non-hydrogen) atoms. The van der Waals surface area contributed by atoms with E-state index in [0.717, 1.165) is 0 Å². The highest BCUT2D eigenvalue weighted by Crippen LogP contribution is 2.29. The van der Waals surface area contributed by atoms with Gasteiger partial charge in [0.05, 0.1) is 28.4 Å². The van der Waals surface area contributed by atoms with Crippen molar-refractivity contribution in [2.24, 2.45) is 0 Å². The van der Waals surface area contributed by atoms with Gasteiger partial charge in [-0.25, -0.2) is 0 Å². The van der Waals surface area contributed by atoms with E-state index in [1.165, 1.54) is 52.7 Å². The maximum absolute atomic E-state index is 12.6. The fraction of sp³-hybridized carbons (Fsp3) is 0.200. The molecule has 0 spiro atoms. The van der Waals surface area contributed by atoms with Crippen LogP contribution in [0.25, 0.3) is 0 Å². The molecule has 0 bridgehead atoms. The predicted octanol–water partition coefficient (Wildman–Crippen LogP) is 1.76. The number of hydrogen-bond donors (Lipinski definition) is 0. The maximum Gasteiger partial charge on any atom is 0.244 e. The van der Waals surface area contributed by atoms with Crippen LogP contribution in [0.1, 0.15) is 32.4 Å². The highest BCUT2D eigenvalue weighted by molar-refractivity contribution is 6.08. The van der Waals surface area contributed by atoms with Crippen LogP contribution in [0, 0.1) is 0 Å². The standard InChI is InChI=1S/C20H18N4O6/c1-27-13-7-5-11(9-15(13)29-3)17(25)19-21-23-20(24-22-19)18(26)12-6-8-14(28-2)16(10-12)30-4/h5-10H,1-4H3. The second-order valence-electron chi connectivity index (χ2n) is 5.84. The fourth-order valence-corrected chi connectivity index (χ4v) is 2.62. The van der Waals surface area contributed by atoms with Gasteiger partial charge in [-0.15, -0.1) is 20.4 Å². The summed E-state index contributed by atoms with van der Waals surface area (Å²) in [4.78, 5) is 25.2. The molecule has 0 aliphatic heterocycles. The van der Waals surface area contributed by atoms with Gasteiger partial charge in [0.25, 0.3) is 0 Å². The highest BCUT2D eigenvalue weighted by atomic mass is 16.5. The van der Waals surface area contributed by atoms with Crippen molar-refractivity contribution in [1.29, 1.82) is 0 Å². The summed E-state index contributed by atoms with van der Waals surface area (Å²) in [7, 11) is 5.90. The van der Waals surface area contributed by atoms with Crippen molar-refractivity contribution in [1.82, 2.24) is 20.4 Å². The molecule has 10 nitrogen and oxygen atoms in total. The third-order valence-corrected chi connectivity index (χ3v) is 4.18. The molecule has 0 radical (unpaired) electrons. The van der Waals surface area contributed by atoms with E-state index in [1.54, 1.807) is 12.1 Å². The molecular formula is C20H18N4O6. The smallest absolute Gasteiger partial charge is 0.244 e. The van der Waals surface area contributed by atoms with E-state index in [-0.39, 0.29) is 22.8 Å². The molecule has 0 fully saturated rings. The van der Waals surface area contributed by atoms with Crippen LogP contribution in [0.2, 0.25) is 0 Å². The average molecular weight is 410 g/mol. The predicted molar refractivity (Wildman–Crippen MR) is 104 cm³/mol. The molecule has 1 aromatic heterocycles. The number of rotatable bonds is 8. The van der Waals surface area contributed by atoms with Crippen molar-refractivity contribution in [2.45, 2.75) is 0 Å². The van der Waals surface area contributed by atoms with E-state index in [1.807, 2.05) is 0 Å².